The molecule has 3 aromatic rings. The van der Waals surface area contributed by atoms with Gasteiger partial charge in [-0.3, -0.25) is 4.79 Å². The van der Waals surface area contributed by atoms with Crippen molar-refractivity contribution in [1.29, 1.82) is 0 Å². The van der Waals surface area contributed by atoms with E-state index in [4.69, 9.17) is 9.47 Å². The SMILES string of the molecule is CCN(CC)c1ccc(/C=C2\Oc3cc(OCc4c(F)c(F)c(F)c(F)c4F)ccc3C2=O)cc1. The molecule has 4 rings (SSSR count). The monoisotopic (exact) mass is 489 g/mol. The molecule has 0 aliphatic carbocycles. The quantitative estimate of drug-likeness (QED) is 0.166. The first kappa shape index (κ1) is 24.3. The number of Topliss-reactive ketones (excluding diaryl/α,β-unsaturated/α-hetero) is 1. The fraction of sp³-hybridized carbons (Fsp3) is 0.192. The predicted molar refractivity (Wildman–Crippen MR) is 120 cm³/mol. The van der Waals surface area contributed by atoms with Gasteiger partial charge in [-0.1, -0.05) is 12.1 Å². The minimum absolute atomic E-state index is 0.0188. The third-order valence-electron chi connectivity index (χ3n) is 5.64. The topological polar surface area (TPSA) is 38.8 Å². The number of ketones is 1. The van der Waals surface area contributed by atoms with Crippen LogP contribution in [-0.4, -0.2) is 18.9 Å². The van der Waals surface area contributed by atoms with Crippen molar-refractivity contribution in [3.05, 3.63) is 94.0 Å². The van der Waals surface area contributed by atoms with E-state index in [9.17, 15) is 26.7 Å². The third kappa shape index (κ3) is 4.58. The number of hydrogen-bond donors (Lipinski definition) is 0. The molecule has 0 spiro atoms. The van der Waals surface area contributed by atoms with E-state index in [1.54, 1.807) is 6.08 Å². The van der Waals surface area contributed by atoms with Gasteiger partial charge in [-0.2, -0.15) is 0 Å². The zero-order chi connectivity index (χ0) is 25.3. The lowest BCUT2D eigenvalue weighted by Crippen LogP contribution is -2.21. The number of fused-ring (bicyclic) bond motifs is 1. The zero-order valence-electron chi connectivity index (χ0n) is 18.8. The van der Waals surface area contributed by atoms with Crippen molar-refractivity contribution in [3.8, 4) is 11.5 Å². The molecule has 0 unspecified atom stereocenters. The Labute approximate surface area is 198 Å². The third-order valence-corrected chi connectivity index (χ3v) is 5.64. The van der Waals surface area contributed by atoms with E-state index in [-0.39, 0.29) is 28.6 Å². The maximum atomic E-state index is 13.9. The summed E-state index contributed by atoms with van der Waals surface area (Å²) >= 11 is 0. The molecule has 0 N–H and O–H groups in total. The van der Waals surface area contributed by atoms with Crippen LogP contribution in [0.3, 0.4) is 0 Å². The summed E-state index contributed by atoms with van der Waals surface area (Å²) < 4.78 is 78.6. The molecule has 0 saturated carbocycles. The van der Waals surface area contributed by atoms with Crippen LogP contribution >= 0.6 is 0 Å². The average Bonchev–Trinajstić information content (AvgIpc) is 3.17. The highest BCUT2D eigenvalue weighted by molar-refractivity contribution is 6.14. The molecule has 1 aliphatic heterocycles. The van der Waals surface area contributed by atoms with Crippen LogP contribution in [0, 0.1) is 29.1 Å². The average molecular weight is 489 g/mol. The Morgan fingerprint density at radius 1 is 0.857 bits per heavy atom. The molecule has 9 heteroatoms. The summed E-state index contributed by atoms with van der Waals surface area (Å²) in [6, 6.07) is 11.7. The fourth-order valence-corrected chi connectivity index (χ4v) is 3.71. The van der Waals surface area contributed by atoms with Gasteiger partial charge in [0.25, 0.3) is 0 Å². The number of carbonyl (C=O) groups is 1. The van der Waals surface area contributed by atoms with E-state index in [1.165, 1.54) is 18.2 Å². The summed E-state index contributed by atoms with van der Waals surface area (Å²) in [5.41, 5.74) is 0.946. The Morgan fingerprint density at radius 2 is 1.46 bits per heavy atom. The lowest BCUT2D eigenvalue weighted by molar-refractivity contribution is 0.101. The molecule has 4 nitrogen and oxygen atoms in total. The smallest absolute Gasteiger partial charge is 0.231 e. The van der Waals surface area contributed by atoms with Crippen molar-refractivity contribution in [3.63, 3.8) is 0 Å². The number of allylic oxidation sites excluding steroid dienone is 1. The van der Waals surface area contributed by atoms with E-state index >= 15 is 0 Å². The van der Waals surface area contributed by atoms with Crippen LogP contribution in [0.1, 0.15) is 35.3 Å². The molecular weight excluding hydrogens is 469 g/mol. The number of hydrogen-bond acceptors (Lipinski definition) is 4. The van der Waals surface area contributed by atoms with Crippen molar-refractivity contribution in [1.82, 2.24) is 0 Å². The lowest BCUT2D eigenvalue weighted by Gasteiger charge is -2.20. The number of benzene rings is 3. The van der Waals surface area contributed by atoms with E-state index in [0.717, 1.165) is 24.3 Å². The van der Waals surface area contributed by atoms with Gasteiger partial charge < -0.3 is 14.4 Å². The molecule has 0 saturated heterocycles. The van der Waals surface area contributed by atoms with Crippen LogP contribution in [0.25, 0.3) is 6.08 Å². The molecule has 1 aliphatic rings. The number of rotatable bonds is 7. The minimum Gasteiger partial charge on any atom is -0.489 e. The van der Waals surface area contributed by atoms with Crippen molar-refractivity contribution in [2.75, 3.05) is 18.0 Å². The minimum atomic E-state index is -2.24. The fourth-order valence-electron chi connectivity index (χ4n) is 3.71. The number of ether oxygens (including phenoxy) is 2. The second-order valence-electron chi connectivity index (χ2n) is 7.70. The Hall–Kier alpha value is -3.88. The van der Waals surface area contributed by atoms with Crippen LogP contribution in [-0.2, 0) is 6.61 Å². The van der Waals surface area contributed by atoms with Gasteiger partial charge in [0, 0.05) is 24.8 Å². The molecular formula is C26H20F5NO3. The summed E-state index contributed by atoms with van der Waals surface area (Å²) in [6.07, 6.45) is 1.59. The van der Waals surface area contributed by atoms with Gasteiger partial charge in [-0.15, -0.1) is 0 Å². The summed E-state index contributed by atoms with van der Waals surface area (Å²) in [4.78, 5) is 14.9. The van der Waals surface area contributed by atoms with Crippen LogP contribution in [0.4, 0.5) is 27.6 Å². The number of nitrogens with zero attached hydrogens (tertiary/aromatic N) is 1. The van der Waals surface area contributed by atoms with Gasteiger partial charge in [0.05, 0.1) is 11.1 Å². The van der Waals surface area contributed by atoms with Gasteiger partial charge in [0.2, 0.25) is 11.6 Å². The maximum Gasteiger partial charge on any atom is 0.231 e. The van der Waals surface area contributed by atoms with Gasteiger partial charge >= 0.3 is 0 Å². The van der Waals surface area contributed by atoms with Gasteiger partial charge in [0.15, 0.2) is 29.0 Å². The molecule has 182 valence electrons. The molecule has 3 aromatic carbocycles. The molecule has 0 atom stereocenters. The highest BCUT2D eigenvalue weighted by Crippen LogP contribution is 2.35. The van der Waals surface area contributed by atoms with Crippen molar-refractivity contribution in [2.24, 2.45) is 0 Å². The summed E-state index contributed by atoms with van der Waals surface area (Å²) in [5, 5.41) is 0. The van der Waals surface area contributed by atoms with Gasteiger partial charge in [0.1, 0.15) is 18.1 Å². The predicted octanol–water partition coefficient (Wildman–Crippen LogP) is 6.42. The van der Waals surface area contributed by atoms with Crippen molar-refractivity contribution in [2.45, 2.75) is 20.5 Å². The van der Waals surface area contributed by atoms with Crippen LogP contribution in [0.15, 0.2) is 48.2 Å². The Balaban J connectivity index is 1.51. The molecule has 0 radical (unpaired) electrons. The first-order chi connectivity index (χ1) is 16.7. The summed E-state index contributed by atoms with van der Waals surface area (Å²) in [6.45, 7) is 4.93. The maximum absolute atomic E-state index is 13.9. The van der Waals surface area contributed by atoms with Crippen LogP contribution < -0.4 is 14.4 Å². The van der Waals surface area contributed by atoms with Crippen molar-refractivity contribution >= 4 is 17.5 Å². The summed E-state index contributed by atoms with van der Waals surface area (Å²) in [5.74, 6) is -10.4. The molecule has 0 bridgehead atoms. The van der Waals surface area contributed by atoms with Crippen LogP contribution in [0.5, 0.6) is 11.5 Å². The Kier molecular flexibility index (Phi) is 6.77. The first-order valence-corrected chi connectivity index (χ1v) is 10.8. The normalized spacial score (nSPS) is 13.7. The molecule has 0 aromatic heterocycles. The first-order valence-electron chi connectivity index (χ1n) is 10.8. The van der Waals surface area contributed by atoms with Gasteiger partial charge in [-0.25, -0.2) is 22.0 Å². The molecule has 35 heavy (non-hydrogen) atoms. The summed E-state index contributed by atoms with van der Waals surface area (Å²) in [7, 11) is 0. The zero-order valence-corrected chi connectivity index (χ0v) is 18.8. The molecule has 0 fully saturated rings. The van der Waals surface area contributed by atoms with Crippen LogP contribution in [0.2, 0.25) is 0 Å². The largest absolute Gasteiger partial charge is 0.489 e. The standard InChI is InChI=1S/C26H20F5NO3/c1-3-32(4-2)15-7-5-14(6-8-15)11-20-26(33)17-10-9-16(12-19(17)35-20)34-13-18-21(27)23(29)25(31)24(30)22(18)28/h5-12H,3-4,13H2,1-2H3/b20-11-. The van der Waals surface area contributed by atoms with E-state index < -0.39 is 41.3 Å². The van der Waals surface area contributed by atoms with E-state index in [0.29, 0.717) is 0 Å². The Morgan fingerprint density at radius 3 is 2.06 bits per heavy atom. The highest BCUT2D eigenvalue weighted by Gasteiger charge is 2.29. The van der Waals surface area contributed by atoms with E-state index in [2.05, 4.69) is 18.7 Å². The lowest BCUT2D eigenvalue weighted by atomic mass is 10.1. The number of anilines is 1. The second-order valence-corrected chi connectivity index (χ2v) is 7.70. The van der Waals surface area contributed by atoms with Gasteiger partial charge in [-0.05, 0) is 49.8 Å². The molecule has 0 amide bonds. The Bertz CT molecular complexity index is 1290. The van der Waals surface area contributed by atoms with Crippen molar-refractivity contribution < 1.29 is 36.2 Å². The van der Waals surface area contributed by atoms with E-state index in [1.807, 2.05) is 24.3 Å². The highest BCUT2D eigenvalue weighted by atomic mass is 19.2. The number of carbonyl (C=O) groups excluding carboxylic acids is 1. The number of halogens is 5. The second kappa shape index (κ2) is 9.77. The molecule has 1 heterocycles.